The van der Waals surface area contributed by atoms with E-state index in [4.69, 9.17) is 0 Å². The minimum absolute atomic E-state index is 0.168. The SMILES string of the molecule is CC(=O)Nc1cn(C)c(C(=O)N(C)Cc2csc(NC(=O)NCc3cccc(F)c3)n2)n1. The molecular formula is C20H22FN7O3S. The number of imidazole rings is 1. The van der Waals surface area contributed by atoms with Gasteiger partial charge in [0.05, 0.1) is 12.2 Å². The van der Waals surface area contributed by atoms with E-state index in [0.717, 1.165) is 0 Å². The Hall–Kier alpha value is -3.80. The zero-order valence-corrected chi connectivity index (χ0v) is 18.5. The third-order valence-electron chi connectivity index (χ3n) is 4.23. The van der Waals surface area contributed by atoms with E-state index in [0.29, 0.717) is 22.2 Å². The van der Waals surface area contributed by atoms with Crippen LogP contribution in [0.25, 0.3) is 0 Å². The number of anilines is 2. The lowest BCUT2D eigenvalue weighted by molar-refractivity contribution is -0.114. The number of aryl methyl sites for hydroxylation is 1. The molecular weight excluding hydrogens is 437 g/mol. The maximum Gasteiger partial charge on any atom is 0.321 e. The van der Waals surface area contributed by atoms with Gasteiger partial charge in [0.2, 0.25) is 11.7 Å². The number of benzene rings is 1. The molecule has 3 aromatic rings. The first kappa shape index (κ1) is 22.9. The van der Waals surface area contributed by atoms with Crippen LogP contribution in [-0.2, 0) is 24.9 Å². The molecule has 0 atom stereocenters. The first-order chi connectivity index (χ1) is 15.2. The quantitative estimate of drug-likeness (QED) is 0.501. The Kier molecular flexibility index (Phi) is 7.15. The highest BCUT2D eigenvalue weighted by atomic mass is 32.1. The van der Waals surface area contributed by atoms with Crippen molar-refractivity contribution in [3.8, 4) is 0 Å². The highest BCUT2D eigenvalue weighted by Crippen LogP contribution is 2.17. The number of nitrogens with one attached hydrogen (secondary N) is 3. The van der Waals surface area contributed by atoms with Gasteiger partial charge in [0.1, 0.15) is 5.82 Å². The van der Waals surface area contributed by atoms with Gasteiger partial charge < -0.3 is 20.1 Å². The average molecular weight is 460 g/mol. The predicted octanol–water partition coefficient (Wildman–Crippen LogP) is 2.57. The van der Waals surface area contributed by atoms with Crippen molar-refractivity contribution in [1.82, 2.24) is 24.8 Å². The predicted molar refractivity (Wildman–Crippen MR) is 118 cm³/mol. The van der Waals surface area contributed by atoms with E-state index in [-0.39, 0.29) is 36.5 Å². The molecule has 0 saturated heterocycles. The fraction of sp³-hybridized carbons (Fsp3) is 0.250. The summed E-state index contributed by atoms with van der Waals surface area (Å²) in [7, 11) is 3.26. The van der Waals surface area contributed by atoms with Gasteiger partial charge in [-0.2, -0.15) is 0 Å². The second-order valence-electron chi connectivity index (χ2n) is 6.98. The van der Waals surface area contributed by atoms with Crippen LogP contribution in [0.5, 0.6) is 0 Å². The number of aromatic nitrogens is 3. The van der Waals surface area contributed by atoms with E-state index in [2.05, 4.69) is 25.9 Å². The Morgan fingerprint density at radius 3 is 2.72 bits per heavy atom. The van der Waals surface area contributed by atoms with Gasteiger partial charge in [-0.3, -0.25) is 14.9 Å². The average Bonchev–Trinajstić information content (AvgIpc) is 3.31. The molecule has 12 heteroatoms. The van der Waals surface area contributed by atoms with Crippen molar-refractivity contribution >= 4 is 40.1 Å². The summed E-state index contributed by atoms with van der Waals surface area (Å²) >= 11 is 1.22. The summed E-state index contributed by atoms with van der Waals surface area (Å²) < 4.78 is 14.7. The highest BCUT2D eigenvalue weighted by molar-refractivity contribution is 7.13. The summed E-state index contributed by atoms with van der Waals surface area (Å²) in [5, 5.41) is 9.88. The number of carbonyl (C=O) groups is 3. The van der Waals surface area contributed by atoms with E-state index >= 15 is 0 Å². The van der Waals surface area contributed by atoms with Crippen LogP contribution >= 0.6 is 11.3 Å². The Morgan fingerprint density at radius 1 is 1.22 bits per heavy atom. The summed E-state index contributed by atoms with van der Waals surface area (Å²) in [5.41, 5.74) is 1.22. The third kappa shape index (κ3) is 6.11. The molecule has 0 bridgehead atoms. The molecule has 0 saturated carbocycles. The van der Waals surface area contributed by atoms with Crippen LogP contribution < -0.4 is 16.0 Å². The second-order valence-corrected chi connectivity index (χ2v) is 7.84. The van der Waals surface area contributed by atoms with Crippen LogP contribution in [0.15, 0.2) is 35.8 Å². The number of urea groups is 1. The van der Waals surface area contributed by atoms with Crippen LogP contribution in [0.2, 0.25) is 0 Å². The number of rotatable bonds is 7. The van der Waals surface area contributed by atoms with Crippen molar-refractivity contribution in [1.29, 1.82) is 0 Å². The molecule has 0 aliphatic rings. The third-order valence-corrected chi connectivity index (χ3v) is 5.04. The fourth-order valence-electron chi connectivity index (χ4n) is 2.80. The van der Waals surface area contributed by atoms with E-state index < -0.39 is 6.03 Å². The number of carbonyl (C=O) groups excluding carboxylic acids is 3. The lowest BCUT2D eigenvalue weighted by Crippen LogP contribution is -2.29. The summed E-state index contributed by atoms with van der Waals surface area (Å²) in [6.45, 7) is 1.73. The topological polar surface area (TPSA) is 121 Å². The number of hydrogen-bond donors (Lipinski definition) is 3. The molecule has 0 aliphatic carbocycles. The van der Waals surface area contributed by atoms with Gasteiger partial charge in [0.25, 0.3) is 5.91 Å². The Labute approximate surface area is 187 Å². The molecule has 1 aromatic carbocycles. The van der Waals surface area contributed by atoms with E-state index in [1.54, 1.807) is 37.8 Å². The molecule has 0 unspecified atom stereocenters. The number of amides is 4. The summed E-state index contributed by atoms with van der Waals surface area (Å²) in [6.07, 6.45) is 1.55. The molecule has 0 spiro atoms. The fourth-order valence-corrected chi connectivity index (χ4v) is 3.50. The zero-order chi connectivity index (χ0) is 23.3. The summed E-state index contributed by atoms with van der Waals surface area (Å²) in [6, 6.07) is 5.48. The number of nitrogens with zero attached hydrogens (tertiary/aromatic N) is 4. The van der Waals surface area contributed by atoms with Gasteiger partial charge in [-0.05, 0) is 17.7 Å². The Balaban J connectivity index is 1.54. The maximum absolute atomic E-state index is 13.2. The van der Waals surface area contributed by atoms with Crippen molar-refractivity contribution in [3.05, 3.63) is 58.7 Å². The summed E-state index contributed by atoms with van der Waals surface area (Å²) in [4.78, 5) is 45.8. The molecule has 0 aliphatic heterocycles. The summed E-state index contributed by atoms with van der Waals surface area (Å²) in [5.74, 6) is -0.537. The highest BCUT2D eigenvalue weighted by Gasteiger charge is 2.20. The molecule has 4 amide bonds. The molecule has 3 rings (SSSR count). The van der Waals surface area contributed by atoms with Gasteiger partial charge in [0, 0.05) is 39.1 Å². The minimum atomic E-state index is -0.474. The standard InChI is InChI=1S/C20H22FN7O3S/c1-12(29)23-16-10-27(2)17(25-16)18(30)28(3)9-15-11-32-20(24-15)26-19(31)22-8-13-5-4-6-14(21)7-13/h4-7,10-11H,8-9H2,1-3H3,(H,23,29)(H2,22,24,26,31). The number of halogens is 1. The largest absolute Gasteiger partial charge is 0.334 e. The normalized spacial score (nSPS) is 10.5. The molecule has 32 heavy (non-hydrogen) atoms. The van der Waals surface area contributed by atoms with Gasteiger partial charge in [0.15, 0.2) is 10.9 Å². The molecule has 3 N–H and O–H groups in total. The monoisotopic (exact) mass is 459 g/mol. The van der Waals surface area contributed by atoms with Gasteiger partial charge in [-0.1, -0.05) is 12.1 Å². The lowest BCUT2D eigenvalue weighted by atomic mass is 10.2. The Bertz CT molecular complexity index is 1140. The van der Waals surface area contributed by atoms with E-state index in [1.165, 1.54) is 39.9 Å². The van der Waals surface area contributed by atoms with Crippen molar-refractivity contribution in [3.63, 3.8) is 0 Å². The molecule has 0 fully saturated rings. The van der Waals surface area contributed by atoms with Crippen LogP contribution in [0.1, 0.15) is 28.8 Å². The van der Waals surface area contributed by atoms with Crippen LogP contribution in [-0.4, -0.2) is 44.3 Å². The van der Waals surface area contributed by atoms with Gasteiger partial charge in [-0.25, -0.2) is 19.2 Å². The van der Waals surface area contributed by atoms with Crippen LogP contribution in [0, 0.1) is 5.82 Å². The smallest absolute Gasteiger partial charge is 0.321 e. The van der Waals surface area contributed by atoms with Crippen LogP contribution in [0.3, 0.4) is 0 Å². The van der Waals surface area contributed by atoms with Crippen molar-refractivity contribution in [2.24, 2.45) is 7.05 Å². The van der Waals surface area contributed by atoms with Crippen molar-refractivity contribution < 1.29 is 18.8 Å². The molecule has 10 nitrogen and oxygen atoms in total. The van der Waals surface area contributed by atoms with Gasteiger partial charge in [-0.15, -0.1) is 11.3 Å². The lowest BCUT2D eigenvalue weighted by Gasteiger charge is -2.15. The first-order valence-corrected chi connectivity index (χ1v) is 10.4. The van der Waals surface area contributed by atoms with Crippen molar-refractivity contribution in [2.45, 2.75) is 20.0 Å². The molecule has 0 radical (unpaired) electrons. The molecule has 2 aromatic heterocycles. The van der Waals surface area contributed by atoms with Gasteiger partial charge >= 0.3 is 6.03 Å². The Morgan fingerprint density at radius 2 is 2.00 bits per heavy atom. The molecule has 168 valence electrons. The van der Waals surface area contributed by atoms with Crippen molar-refractivity contribution in [2.75, 3.05) is 17.7 Å². The zero-order valence-electron chi connectivity index (χ0n) is 17.7. The second kappa shape index (κ2) is 10.0. The minimum Gasteiger partial charge on any atom is -0.334 e. The first-order valence-electron chi connectivity index (χ1n) is 9.51. The molecule has 2 heterocycles. The maximum atomic E-state index is 13.2. The number of hydrogen-bond acceptors (Lipinski definition) is 6. The van der Waals surface area contributed by atoms with E-state index in [1.807, 2.05) is 0 Å². The number of thiazole rings is 1. The van der Waals surface area contributed by atoms with Crippen LogP contribution in [0.4, 0.5) is 20.1 Å². The van der Waals surface area contributed by atoms with E-state index in [9.17, 15) is 18.8 Å².